The van der Waals surface area contributed by atoms with Crippen molar-refractivity contribution in [3.63, 3.8) is 0 Å². The zero-order valence-electron chi connectivity index (χ0n) is 8.90. The molecule has 0 aliphatic rings. The van der Waals surface area contributed by atoms with Crippen LogP contribution in [0.2, 0.25) is 0 Å². The lowest BCUT2D eigenvalue weighted by molar-refractivity contribution is -0.137. The van der Waals surface area contributed by atoms with E-state index in [1.807, 2.05) is 0 Å². The Hall–Kier alpha value is -0.840. The molecule has 0 aromatic rings. The first-order valence-corrected chi connectivity index (χ1v) is 6.15. The van der Waals surface area contributed by atoms with E-state index in [0.717, 1.165) is 12.3 Å². The summed E-state index contributed by atoms with van der Waals surface area (Å²) < 4.78 is 26.0. The predicted molar refractivity (Wildman–Crippen MR) is 54.7 cm³/mol. The molecular weight excluding hydrogens is 204 g/mol. The van der Waals surface area contributed by atoms with Gasteiger partial charge in [0.05, 0.1) is 11.4 Å². The first kappa shape index (κ1) is 13.2. The molecule has 0 radical (unpaired) electrons. The third-order valence-electron chi connectivity index (χ3n) is 1.86. The molecule has 0 unspecified atom stereocenters. The smallest absolute Gasteiger partial charge is 0.330 e. The fraction of sp³-hybridized carbons (Fsp3) is 0.667. The van der Waals surface area contributed by atoms with Crippen molar-refractivity contribution in [2.75, 3.05) is 12.9 Å². The van der Waals surface area contributed by atoms with Crippen molar-refractivity contribution in [1.29, 1.82) is 0 Å². The minimum atomic E-state index is -3.21. The van der Waals surface area contributed by atoms with Crippen LogP contribution in [0.1, 0.15) is 20.8 Å². The summed E-state index contributed by atoms with van der Waals surface area (Å²) in [5, 5.41) is 0. The minimum Gasteiger partial charge on any atom is -0.463 e. The highest BCUT2D eigenvalue weighted by molar-refractivity contribution is 7.92. The summed E-state index contributed by atoms with van der Waals surface area (Å²) in [7, 11) is -3.21. The van der Waals surface area contributed by atoms with Gasteiger partial charge in [-0.2, -0.15) is 0 Å². The summed E-state index contributed by atoms with van der Waals surface area (Å²) in [6.45, 7) is 5.02. The third-order valence-corrected chi connectivity index (χ3v) is 3.91. The second-order valence-corrected chi connectivity index (χ2v) is 6.06. The van der Waals surface area contributed by atoms with E-state index in [2.05, 4.69) is 4.74 Å². The lowest BCUT2D eigenvalue weighted by Crippen LogP contribution is -2.28. The quantitative estimate of drug-likeness (QED) is 0.522. The highest BCUT2D eigenvalue weighted by atomic mass is 32.2. The standard InChI is InChI=1S/C9H16O4S/c1-5-13-8(10)6-7-9(2,3)14(4,11)12/h6-7H,5H2,1-4H3/b7-6+. The fourth-order valence-corrected chi connectivity index (χ4v) is 0.898. The van der Waals surface area contributed by atoms with E-state index >= 15 is 0 Å². The van der Waals surface area contributed by atoms with Crippen molar-refractivity contribution < 1.29 is 17.9 Å². The maximum atomic E-state index is 11.2. The maximum absolute atomic E-state index is 11.2. The molecule has 0 saturated carbocycles. The topological polar surface area (TPSA) is 60.4 Å². The molecule has 82 valence electrons. The summed E-state index contributed by atoms with van der Waals surface area (Å²) in [5.74, 6) is -0.524. The van der Waals surface area contributed by atoms with Crippen LogP contribution in [0.5, 0.6) is 0 Å². The van der Waals surface area contributed by atoms with Crippen LogP contribution in [-0.4, -0.2) is 32.0 Å². The van der Waals surface area contributed by atoms with Crippen LogP contribution < -0.4 is 0 Å². The molecule has 0 rings (SSSR count). The van der Waals surface area contributed by atoms with E-state index in [1.165, 1.54) is 19.9 Å². The molecule has 0 bridgehead atoms. The average Bonchev–Trinajstić information content (AvgIpc) is 1.99. The van der Waals surface area contributed by atoms with E-state index in [1.54, 1.807) is 6.92 Å². The van der Waals surface area contributed by atoms with Crippen LogP contribution in [0.15, 0.2) is 12.2 Å². The number of esters is 1. The number of hydrogen-bond acceptors (Lipinski definition) is 4. The van der Waals surface area contributed by atoms with Crippen LogP contribution in [-0.2, 0) is 19.4 Å². The van der Waals surface area contributed by atoms with E-state index in [0.29, 0.717) is 0 Å². The number of carbonyl (C=O) groups excluding carboxylic acids is 1. The fourth-order valence-electron chi connectivity index (χ4n) is 0.583. The molecule has 0 aromatic carbocycles. The molecule has 0 amide bonds. The molecule has 0 spiro atoms. The predicted octanol–water partition coefficient (Wildman–Crippen LogP) is 0.929. The van der Waals surface area contributed by atoms with Crippen molar-refractivity contribution in [2.45, 2.75) is 25.5 Å². The molecule has 0 aliphatic heterocycles. The van der Waals surface area contributed by atoms with Crippen LogP contribution in [0.4, 0.5) is 0 Å². The molecule has 0 aliphatic carbocycles. The van der Waals surface area contributed by atoms with Crippen molar-refractivity contribution in [2.24, 2.45) is 0 Å². The van der Waals surface area contributed by atoms with Crippen molar-refractivity contribution in [3.8, 4) is 0 Å². The average molecular weight is 220 g/mol. The molecule has 0 fully saturated rings. The molecule has 0 saturated heterocycles. The SMILES string of the molecule is CCOC(=O)/C=C/C(C)(C)S(C)(=O)=O. The maximum Gasteiger partial charge on any atom is 0.330 e. The zero-order chi connectivity index (χ0) is 11.4. The van der Waals surface area contributed by atoms with Gasteiger partial charge >= 0.3 is 5.97 Å². The van der Waals surface area contributed by atoms with Gasteiger partial charge in [0.1, 0.15) is 0 Å². The monoisotopic (exact) mass is 220 g/mol. The highest BCUT2D eigenvalue weighted by Gasteiger charge is 2.26. The van der Waals surface area contributed by atoms with Crippen LogP contribution >= 0.6 is 0 Å². The second kappa shape index (κ2) is 4.59. The molecule has 0 aromatic heterocycles. The van der Waals surface area contributed by atoms with Gasteiger partial charge in [0.2, 0.25) is 0 Å². The number of carbonyl (C=O) groups is 1. The van der Waals surface area contributed by atoms with E-state index in [9.17, 15) is 13.2 Å². The normalized spacial score (nSPS) is 13.1. The van der Waals surface area contributed by atoms with E-state index in [4.69, 9.17) is 0 Å². The van der Waals surface area contributed by atoms with Gasteiger partial charge in [0.25, 0.3) is 0 Å². The van der Waals surface area contributed by atoms with E-state index < -0.39 is 20.6 Å². The minimum absolute atomic E-state index is 0.280. The van der Waals surface area contributed by atoms with Gasteiger partial charge in [-0.1, -0.05) is 6.08 Å². The van der Waals surface area contributed by atoms with Crippen LogP contribution in [0, 0.1) is 0 Å². The number of sulfone groups is 1. The molecule has 5 heteroatoms. The summed E-state index contributed by atoms with van der Waals surface area (Å²) in [6.07, 6.45) is 3.60. The molecule has 4 nitrogen and oxygen atoms in total. The Kier molecular flexibility index (Phi) is 4.32. The number of ether oxygens (including phenoxy) is 1. The van der Waals surface area contributed by atoms with Gasteiger partial charge in [-0.25, -0.2) is 13.2 Å². The Morgan fingerprint density at radius 3 is 2.29 bits per heavy atom. The summed E-state index contributed by atoms with van der Waals surface area (Å²) >= 11 is 0. The number of hydrogen-bond donors (Lipinski definition) is 0. The lowest BCUT2D eigenvalue weighted by atomic mass is 10.2. The lowest BCUT2D eigenvalue weighted by Gasteiger charge is -2.16. The third kappa shape index (κ3) is 3.91. The Bertz CT molecular complexity index is 325. The van der Waals surface area contributed by atoms with E-state index in [-0.39, 0.29) is 6.61 Å². The molecule has 0 atom stereocenters. The van der Waals surface area contributed by atoms with Crippen LogP contribution in [0.25, 0.3) is 0 Å². The summed E-state index contributed by atoms with van der Waals surface area (Å²) in [6, 6.07) is 0. The van der Waals surface area contributed by atoms with Crippen molar-refractivity contribution in [1.82, 2.24) is 0 Å². The molecule has 0 N–H and O–H groups in total. The Labute approximate surface area is 84.9 Å². The number of rotatable bonds is 4. The van der Waals surface area contributed by atoms with Crippen molar-refractivity contribution >= 4 is 15.8 Å². The summed E-state index contributed by atoms with van der Waals surface area (Å²) in [5.41, 5.74) is 0. The van der Waals surface area contributed by atoms with Gasteiger partial charge in [-0.15, -0.1) is 0 Å². The van der Waals surface area contributed by atoms with Gasteiger partial charge in [-0.05, 0) is 20.8 Å². The first-order chi connectivity index (χ1) is 6.20. The second-order valence-electron chi connectivity index (χ2n) is 3.46. The highest BCUT2D eigenvalue weighted by Crippen LogP contribution is 2.16. The van der Waals surface area contributed by atoms with Gasteiger partial charge in [0.15, 0.2) is 9.84 Å². The molecule has 0 heterocycles. The molecular formula is C9H16O4S. The summed E-state index contributed by atoms with van der Waals surface area (Å²) in [4.78, 5) is 10.9. The van der Waals surface area contributed by atoms with Gasteiger partial charge < -0.3 is 4.74 Å². The van der Waals surface area contributed by atoms with Crippen molar-refractivity contribution in [3.05, 3.63) is 12.2 Å². The Balaban J connectivity index is 4.60. The Morgan fingerprint density at radius 2 is 1.93 bits per heavy atom. The first-order valence-electron chi connectivity index (χ1n) is 4.26. The van der Waals surface area contributed by atoms with Gasteiger partial charge in [-0.3, -0.25) is 0 Å². The van der Waals surface area contributed by atoms with Crippen LogP contribution in [0.3, 0.4) is 0 Å². The van der Waals surface area contributed by atoms with Gasteiger partial charge in [0, 0.05) is 12.3 Å². The Morgan fingerprint density at radius 1 is 1.43 bits per heavy atom. The largest absolute Gasteiger partial charge is 0.463 e. The molecule has 14 heavy (non-hydrogen) atoms. The zero-order valence-corrected chi connectivity index (χ0v) is 9.72.